The van der Waals surface area contributed by atoms with Gasteiger partial charge in [-0.1, -0.05) is 6.07 Å². The fourth-order valence-electron chi connectivity index (χ4n) is 1.62. The Morgan fingerprint density at radius 3 is 2.35 bits per heavy atom. The highest BCUT2D eigenvalue weighted by atomic mass is 19.4. The van der Waals surface area contributed by atoms with Gasteiger partial charge in [0, 0.05) is 11.8 Å². The third-order valence-corrected chi connectivity index (χ3v) is 2.68. The number of aryl methyl sites for hydroxylation is 1. The SMILES string of the molecule is Cc1ccc(Oc2ccc(N)cc2C(F)(F)F)cc1F. The Balaban J connectivity index is 2.40. The summed E-state index contributed by atoms with van der Waals surface area (Å²) in [4.78, 5) is 0. The molecule has 2 aromatic carbocycles. The highest BCUT2D eigenvalue weighted by molar-refractivity contribution is 5.50. The molecule has 0 atom stereocenters. The molecule has 0 heterocycles. The second-order valence-electron chi connectivity index (χ2n) is 4.27. The lowest BCUT2D eigenvalue weighted by molar-refractivity contribution is -0.138. The van der Waals surface area contributed by atoms with E-state index in [1.807, 2.05) is 0 Å². The monoisotopic (exact) mass is 285 g/mol. The first-order valence-electron chi connectivity index (χ1n) is 5.68. The molecule has 0 spiro atoms. The van der Waals surface area contributed by atoms with Crippen molar-refractivity contribution >= 4 is 5.69 Å². The van der Waals surface area contributed by atoms with Gasteiger partial charge in [-0.25, -0.2) is 4.39 Å². The van der Waals surface area contributed by atoms with E-state index in [2.05, 4.69) is 0 Å². The summed E-state index contributed by atoms with van der Waals surface area (Å²) in [6, 6.07) is 7.03. The molecule has 0 fully saturated rings. The minimum Gasteiger partial charge on any atom is -0.457 e. The van der Waals surface area contributed by atoms with Crippen molar-refractivity contribution in [1.29, 1.82) is 0 Å². The number of rotatable bonds is 2. The van der Waals surface area contributed by atoms with Crippen LogP contribution in [0.5, 0.6) is 11.5 Å². The minimum absolute atomic E-state index is 0.0108. The van der Waals surface area contributed by atoms with E-state index in [0.717, 1.165) is 18.2 Å². The van der Waals surface area contributed by atoms with Crippen LogP contribution in [0.2, 0.25) is 0 Å². The van der Waals surface area contributed by atoms with Gasteiger partial charge in [0.2, 0.25) is 0 Å². The molecule has 20 heavy (non-hydrogen) atoms. The summed E-state index contributed by atoms with van der Waals surface area (Å²) in [6.07, 6.45) is -4.60. The van der Waals surface area contributed by atoms with Crippen LogP contribution in [-0.4, -0.2) is 0 Å². The molecular weight excluding hydrogens is 274 g/mol. The Kier molecular flexibility index (Phi) is 3.57. The number of anilines is 1. The fourth-order valence-corrected chi connectivity index (χ4v) is 1.62. The summed E-state index contributed by atoms with van der Waals surface area (Å²) >= 11 is 0. The zero-order chi connectivity index (χ0) is 14.9. The second-order valence-corrected chi connectivity index (χ2v) is 4.27. The lowest BCUT2D eigenvalue weighted by Crippen LogP contribution is -2.08. The molecule has 0 aliphatic heterocycles. The third kappa shape index (κ3) is 3.01. The molecular formula is C14H11F4NO. The van der Waals surface area contributed by atoms with Crippen LogP contribution in [-0.2, 0) is 6.18 Å². The van der Waals surface area contributed by atoms with E-state index in [0.29, 0.717) is 5.56 Å². The number of benzene rings is 2. The van der Waals surface area contributed by atoms with Gasteiger partial charge in [0.25, 0.3) is 0 Å². The smallest absolute Gasteiger partial charge is 0.420 e. The van der Waals surface area contributed by atoms with Gasteiger partial charge in [0.05, 0.1) is 0 Å². The van der Waals surface area contributed by atoms with Crippen LogP contribution in [0.25, 0.3) is 0 Å². The van der Waals surface area contributed by atoms with Crippen molar-refractivity contribution in [3.8, 4) is 11.5 Å². The van der Waals surface area contributed by atoms with E-state index in [-0.39, 0.29) is 11.4 Å². The molecule has 2 rings (SSSR count). The van der Waals surface area contributed by atoms with Gasteiger partial charge < -0.3 is 10.5 Å². The van der Waals surface area contributed by atoms with E-state index >= 15 is 0 Å². The van der Waals surface area contributed by atoms with Crippen LogP contribution in [0.4, 0.5) is 23.2 Å². The number of nitrogens with two attached hydrogens (primary N) is 1. The molecule has 6 heteroatoms. The second kappa shape index (κ2) is 5.03. The van der Waals surface area contributed by atoms with Crippen molar-refractivity contribution in [3.63, 3.8) is 0 Å². The van der Waals surface area contributed by atoms with Gasteiger partial charge in [-0.15, -0.1) is 0 Å². The van der Waals surface area contributed by atoms with Crippen LogP contribution in [0.15, 0.2) is 36.4 Å². The van der Waals surface area contributed by atoms with E-state index in [1.165, 1.54) is 18.2 Å². The summed E-state index contributed by atoms with van der Waals surface area (Å²) in [5.74, 6) is -0.982. The molecule has 0 unspecified atom stereocenters. The standard InChI is InChI=1S/C14H11F4NO/c1-8-2-4-10(7-12(8)15)20-13-5-3-9(19)6-11(13)14(16,17)18/h2-7H,19H2,1H3. The number of alkyl halides is 3. The van der Waals surface area contributed by atoms with Crippen LogP contribution in [0.1, 0.15) is 11.1 Å². The number of nitrogen functional groups attached to an aromatic ring is 1. The fraction of sp³-hybridized carbons (Fsp3) is 0.143. The minimum atomic E-state index is -4.60. The quantitative estimate of drug-likeness (QED) is 0.650. The summed E-state index contributed by atoms with van der Waals surface area (Å²) in [6.45, 7) is 1.55. The Bertz CT molecular complexity index is 638. The van der Waals surface area contributed by atoms with Crippen molar-refractivity contribution in [2.75, 3.05) is 5.73 Å². The molecule has 0 bridgehead atoms. The maximum Gasteiger partial charge on any atom is 0.420 e. The molecule has 0 saturated carbocycles. The van der Waals surface area contributed by atoms with Crippen LogP contribution >= 0.6 is 0 Å². The molecule has 2 N–H and O–H groups in total. The molecule has 106 valence electrons. The number of halogens is 4. The number of hydrogen-bond acceptors (Lipinski definition) is 2. The van der Waals surface area contributed by atoms with E-state index in [4.69, 9.17) is 10.5 Å². The molecule has 0 amide bonds. The van der Waals surface area contributed by atoms with Crippen molar-refractivity contribution in [1.82, 2.24) is 0 Å². The van der Waals surface area contributed by atoms with Crippen molar-refractivity contribution in [2.24, 2.45) is 0 Å². The summed E-state index contributed by atoms with van der Waals surface area (Å²) in [5, 5.41) is 0. The van der Waals surface area contributed by atoms with E-state index in [9.17, 15) is 17.6 Å². The molecule has 2 nitrogen and oxygen atoms in total. The van der Waals surface area contributed by atoms with Gasteiger partial charge >= 0.3 is 6.18 Å². The largest absolute Gasteiger partial charge is 0.457 e. The first-order chi connectivity index (χ1) is 9.27. The van der Waals surface area contributed by atoms with E-state index in [1.54, 1.807) is 6.92 Å². The molecule has 0 aliphatic rings. The number of hydrogen-bond donors (Lipinski definition) is 1. The Morgan fingerprint density at radius 1 is 1.05 bits per heavy atom. The number of ether oxygens (including phenoxy) is 1. The first kappa shape index (κ1) is 14.2. The van der Waals surface area contributed by atoms with E-state index < -0.39 is 23.3 Å². The normalized spacial score (nSPS) is 11.4. The van der Waals surface area contributed by atoms with Crippen molar-refractivity contribution in [2.45, 2.75) is 13.1 Å². The van der Waals surface area contributed by atoms with Gasteiger partial charge in [0.1, 0.15) is 22.9 Å². The zero-order valence-electron chi connectivity index (χ0n) is 10.5. The van der Waals surface area contributed by atoms with Crippen LogP contribution in [0, 0.1) is 12.7 Å². The molecule has 0 aliphatic carbocycles. The average molecular weight is 285 g/mol. The van der Waals surface area contributed by atoms with Crippen LogP contribution < -0.4 is 10.5 Å². The van der Waals surface area contributed by atoms with Crippen molar-refractivity contribution < 1.29 is 22.3 Å². The molecule has 0 aromatic heterocycles. The highest BCUT2D eigenvalue weighted by Crippen LogP contribution is 2.39. The maximum absolute atomic E-state index is 13.4. The predicted molar refractivity (Wildman–Crippen MR) is 67.1 cm³/mol. The topological polar surface area (TPSA) is 35.2 Å². The van der Waals surface area contributed by atoms with Crippen LogP contribution in [0.3, 0.4) is 0 Å². The lowest BCUT2D eigenvalue weighted by Gasteiger charge is -2.14. The molecule has 0 radical (unpaired) electrons. The Hall–Kier alpha value is -2.24. The summed E-state index contributed by atoms with van der Waals surface area (Å²) in [7, 11) is 0. The first-order valence-corrected chi connectivity index (χ1v) is 5.68. The molecule has 2 aromatic rings. The Morgan fingerprint density at radius 2 is 1.75 bits per heavy atom. The average Bonchev–Trinajstić information content (AvgIpc) is 2.35. The van der Waals surface area contributed by atoms with Gasteiger partial charge in [0.15, 0.2) is 0 Å². The molecule has 0 saturated heterocycles. The Labute approximate surface area is 112 Å². The summed E-state index contributed by atoms with van der Waals surface area (Å²) < 4.78 is 57.1. The van der Waals surface area contributed by atoms with Gasteiger partial charge in [-0.05, 0) is 36.8 Å². The third-order valence-electron chi connectivity index (χ3n) is 2.68. The zero-order valence-corrected chi connectivity index (χ0v) is 10.5. The van der Waals surface area contributed by atoms with Crippen molar-refractivity contribution in [3.05, 3.63) is 53.3 Å². The predicted octanol–water partition coefficient (Wildman–Crippen LogP) is 4.53. The van der Waals surface area contributed by atoms with Gasteiger partial charge in [-0.2, -0.15) is 13.2 Å². The lowest BCUT2D eigenvalue weighted by atomic mass is 10.1. The maximum atomic E-state index is 13.4. The summed E-state index contributed by atoms with van der Waals surface area (Å²) in [5.41, 5.74) is 4.70. The highest BCUT2D eigenvalue weighted by Gasteiger charge is 2.34. The van der Waals surface area contributed by atoms with Gasteiger partial charge in [-0.3, -0.25) is 0 Å².